The number of hydrogen-bond donors (Lipinski definition) is 0. The second-order valence-electron chi connectivity index (χ2n) is 3.38. The SMILES string of the molecule is C=C/C=C\C(=C)C(C)C.Cc1ncco1. The van der Waals surface area contributed by atoms with Gasteiger partial charge in [0.05, 0.1) is 6.20 Å². The van der Waals surface area contributed by atoms with Crippen molar-refractivity contribution in [3.8, 4) is 0 Å². The van der Waals surface area contributed by atoms with Crippen LogP contribution in [0.3, 0.4) is 0 Å². The number of nitrogens with zero attached hydrogens (tertiary/aromatic N) is 1. The Balaban J connectivity index is 0.000000280. The number of oxazole rings is 1. The Hall–Kier alpha value is -1.57. The van der Waals surface area contributed by atoms with Crippen LogP contribution in [0.15, 0.2) is 53.8 Å². The van der Waals surface area contributed by atoms with E-state index in [1.165, 1.54) is 0 Å². The zero-order chi connectivity index (χ0) is 11.7. The van der Waals surface area contributed by atoms with E-state index in [0.717, 1.165) is 11.5 Å². The van der Waals surface area contributed by atoms with Gasteiger partial charge in [-0.05, 0) is 5.92 Å². The monoisotopic (exact) mass is 205 g/mol. The summed E-state index contributed by atoms with van der Waals surface area (Å²) in [6.45, 7) is 13.5. The fraction of sp³-hybridized carbons (Fsp3) is 0.308. The first-order valence-electron chi connectivity index (χ1n) is 4.92. The summed E-state index contributed by atoms with van der Waals surface area (Å²) in [4.78, 5) is 3.75. The molecule has 0 saturated heterocycles. The first-order valence-corrected chi connectivity index (χ1v) is 4.92. The van der Waals surface area contributed by atoms with Gasteiger partial charge in [0, 0.05) is 6.92 Å². The van der Waals surface area contributed by atoms with Crippen molar-refractivity contribution in [2.24, 2.45) is 5.92 Å². The molecule has 0 bridgehead atoms. The molecule has 15 heavy (non-hydrogen) atoms. The molecule has 0 aliphatic rings. The summed E-state index contributed by atoms with van der Waals surface area (Å²) < 4.78 is 4.72. The highest BCUT2D eigenvalue weighted by atomic mass is 16.3. The van der Waals surface area contributed by atoms with Crippen LogP contribution in [0.5, 0.6) is 0 Å². The van der Waals surface area contributed by atoms with E-state index in [0.29, 0.717) is 5.92 Å². The van der Waals surface area contributed by atoms with Gasteiger partial charge in [-0.3, -0.25) is 0 Å². The van der Waals surface area contributed by atoms with Crippen molar-refractivity contribution in [3.05, 3.63) is 55.3 Å². The van der Waals surface area contributed by atoms with Crippen LogP contribution in [0.4, 0.5) is 0 Å². The molecule has 0 fully saturated rings. The number of aryl methyl sites for hydroxylation is 1. The second kappa shape index (κ2) is 7.80. The van der Waals surface area contributed by atoms with Crippen molar-refractivity contribution in [1.29, 1.82) is 0 Å². The maximum atomic E-state index is 4.72. The van der Waals surface area contributed by atoms with E-state index in [2.05, 4.69) is 32.0 Å². The summed E-state index contributed by atoms with van der Waals surface area (Å²) >= 11 is 0. The van der Waals surface area contributed by atoms with Gasteiger partial charge in [0.2, 0.25) is 0 Å². The second-order valence-corrected chi connectivity index (χ2v) is 3.38. The number of rotatable bonds is 3. The van der Waals surface area contributed by atoms with Gasteiger partial charge in [0.15, 0.2) is 5.89 Å². The van der Waals surface area contributed by atoms with Gasteiger partial charge < -0.3 is 4.42 Å². The molecule has 0 aliphatic carbocycles. The first kappa shape index (κ1) is 13.4. The quantitative estimate of drug-likeness (QED) is 0.699. The molecule has 0 aliphatic heterocycles. The molecule has 0 amide bonds. The molecule has 1 heterocycles. The summed E-state index contributed by atoms with van der Waals surface area (Å²) in [5.74, 6) is 1.26. The molecular formula is C13H19NO. The summed E-state index contributed by atoms with van der Waals surface area (Å²) in [6, 6.07) is 0. The lowest BCUT2D eigenvalue weighted by molar-refractivity contribution is 0.521. The van der Waals surface area contributed by atoms with Gasteiger partial charge in [0.1, 0.15) is 6.26 Å². The fourth-order valence-electron chi connectivity index (χ4n) is 0.679. The van der Waals surface area contributed by atoms with Crippen LogP contribution in [-0.4, -0.2) is 4.98 Å². The Labute approximate surface area is 92.0 Å². The third-order valence-electron chi connectivity index (χ3n) is 1.74. The third-order valence-corrected chi connectivity index (χ3v) is 1.74. The Morgan fingerprint density at radius 1 is 1.53 bits per heavy atom. The number of hydrogen-bond acceptors (Lipinski definition) is 2. The zero-order valence-electron chi connectivity index (χ0n) is 9.73. The highest BCUT2D eigenvalue weighted by Gasteiger charge is 1.91. The van der Waals surface area contributed by atoms with Crippen molar-refractivity contribution in [3.63, 3.8) is 0 Å². The number of aromatic nitrogens is 1. The van der Waals surface area contributed by atoms with Crippen LogP contribution in [0.1, 0.15) is 19.7 Å². The van der Waals surface area contributed by atoms with Gasteiger partial charge in [-0.15, -0.1) is 0 Å². The molecule has 0 aromatic carbocycles. The van der Waals surface area contributed by atoms with Crippen LogP contribution in [0.25, 0.3) is 0 Å². The molecule has 0 saturated carbocycles. The molecule has 0 radical (unpaired) electrons. The van der Waals surface area contributed by atoms with Crippen molar-refractivity contribution >= 4 is 0 Å². The molecule has 2 heteroatoms. The zero-order valence-corrected chi connectivity index (χ0v) is 9.73. The summed E-state index contributed by atoms with van der Waals surface area (Å²) in [7, 11) is 0. The van der Waals surface area contributed by atoms with E-state index >= 15 is 0 Å². The Kier molecular flexibility index (Phi) is 6.98. The highest BCUT2D eigenvalue weighted by Crippen LogP contribution is 2.06. The molecule has 0 atom stereocenters. The molecule has 0 unspecified atom stereocenters. The van der Waals surface area contributed by atoms with Crippen LogP contribution < -0.4 is 0 Å². The predicted octanol–water partition coefficient (Wildman–Crippen LogP) is 3.92. The van der Waals surface area contributed by atoms with Gasteiger partial charge in [0.25, 0.3) is 0 Å². The van der Waals surface area contributed by atoms with Gasteiger partial charge in [-0.25, -0.2) is 4.98 Å². The van der Waals surface area contributed by atoms with Gasteiger partial charge in [-0.2, -0.15) is 0 Å². The van der Waals surface area contributed by atoms with Gasteiger partial charge >= 0.3 is 0 Å². The standard InChI is InChI=1S/C9H14.C4H5NO/c1-5-6-7-9(4)8(2)3;1-4-5-2-3-6-4/h5-8H,1,4H2,2-3H3;2-3H,1H3/b7-6-;. The van der Waals surface area contributed by atoms with E-state index in [9.17, 15) is 0 Å². The first-order chi connectivity index (χ1) is 7.07. The van der Waals surface area contributed by atoms with E-state index in [-0.39, 0.29) is 0 Å². The van der Waals surface area contributed by atoms with Gasteiger partial charge in [-0.1, -0.05) is 50.8 Å². The summed E-state index contributed by atoms with van der Waals surface area (Å²) in [5, 5.41) is 0. The topological polar surface area (TPSA) is 26.0 Å². The van der Waals surface area contributed by atoms with Crippen LogP contribution in [0.2, 0.25) is 0 Å². The molecule has 2 nitrogen and oxygen atoms in total. The average Bonchev–Trinajstić information content (AvgIpc) is 2.66. The van der Waals surface area contributed by atoms with E-state index in [1.54, 1.807) is 25.5 Å². The molecule has 0 spiro atoms. The molecule has 0 N–H and O–H groups in total. The van der Waals surface area contributed by atoms with Crippen molar-refractivity contribution < 1.29 is 4.42 Å². The summed E-state index contributed by atoms with van der Waals surface area (Å²) in [6.07, 6.45) is 8.82. The molecule has 1 aromatic rings. The van der Waals surface area contributed by atoms with E-state index in [4.69, 9.17) is 4.42 Å². The lowest BCUT2D eigenvalue weighted by Gasteiger charge is -2.00. The Bertz CT molecular complexity index is 307. The largest absolute Gasteiger partial charge is 0.449 e. The lowest BCUT2D eigenvalue weighted by atomic mass is 10.1. The van der Waals surface area contributed by atoms with E-state index in [1.807, 2.05) is 12.2 Å². The molecular weight excluding hydrogens is 186 g/mol. The smallest absolute Gasteiger partial charge is 0.190 e. The summed E-state index contributed by atoms with van der Waals surface area (Å²) in [5.41, 5.74) is 1.15. The maximum Gasteiger partial charge on any atom is 0.190 e. The third kappa shape index (κ3) is 7.50. The Morgan fingerprint density at radius 3 is 2.47 bits per heavy atom. The minimum Gasteiger partial charge on any atom is -0.449 e. The average molecular weight is 205 g/mol. The number of allylic oxidation sites excluding steroid dienone is 4. The molecule has 1 aromatic heterocycles. The fourth-order valence-corrected chi connectivity index (χ4v) is 0.679. The molecule has 1 rings (SSSR count). The molecule has 82 valence electrons. The van der Waals surface area contributed by atoms with Crippen molar-refractivity contribution in [2.45, 2.75) is 20.8 Å². The van der Waals surface area contributed by atoms with Crippen LogP contribution >= 0.6 is 0 Å². The van der Waals surface area contributed by atoms with Crippen LogP contribution in [-0.2, 0) is 0 Å². The van der Waals surface area contributed by atoms with Crippen LogP contribution in [0, 0.1) is 12.8 Å². The minimum atomic E-state index is 0.543. The van der Waals surface area contributed by atoms with Crippen molar-refractivity contribution in [2.75, 3.05) is 0 Å². The maximum absolute atomic E-state index is 4.72. The minimum absolute atomic E-state index is 0.543. The lowest BCUT2D eigenvalue weighted by Crippen LogP contribution is -1.86. The Morgan fingerprint density at radius 2 is 2.20 bits per heavy atom. The van der Waals surface area contributed by atoms with Crippen molar-refractivity contribution in [1.82, 2.24) is 4.98 Å². The predicted molar refractivity (Wildman–Crippen MR) is 64.6 cm³/mol. The normalized spacial score (nSPS) is 9.87. The highest BCUT2D eigenvalue weighted by molar-refractivity contribution is 5.19. The van der Waals surface area contributed by atoms with E-state index < -0.39 is 0 Å².